The molecule has 0 atom stereocenters. The minimum atomic E-state index is -0.655. The second-order valence-corrected chi connectivity index (χ2v) is 6.84. The Bertz CT molecular complexity index is 1030. The average Bonchev–Trinajstić information content (AvgIpc) is 2.98. The van der Waals surface area contributed by atoms with Gasteiger partial charge in [0.15, 0.2) is 0 Å². The highest BCUT2D eigenvalue weighted by Crippen LogP contribution is 2.34. The number of nitrogens with one attached hydrogen (secondary N) is 2. The van der Waals surface area contributed by atoms with Gasteiger partial charge in [-0.2, -0.15) is 0 Å². The molecule has 5 nitrogen and oxygen atoms in total. The summed E-state index contributed by atoms with van der Waals surface area (Å²) in [5, 5.41) is 5.33. The molecular formula is C19H16F2N2O3S. The van der Waals surface area contributed by atoms with Crippen LogP contribution in [-0.2, 0) is 16.1 Å². The molecule has 0 aliphatic rings. The summed E-state index contributed by atoms with van der Waals surface area (Å²) in [6.45, 7) is 1.36. The standard InChI is InChI=1S/C19H16F2N2O3S/c1-10(24)22-11-6-7-13(20)15(8-11)23-19(25)18-12(9-26-2)17-14(21)4-3-5-16(17)27-18/h3-8H,9H2,1-2H3,(H,22,24)(H,23,25). The lowest BCUT2D eigenvalue weighted by molar-refractivity contribution is -0.114. The normalized spacial score (nSPS) is 10.8. The Labute approximate surface area is 158 Å². The van der Waals surface area contributed by atoms with Gasteiger partial charge >= 0.3 is 0 Å². The fourth-order valence-corrected chi connectivity index (χ4v) is 3.83. The van der Waals surface area contributed by atoms with Crippen LogP contribution in [0.3, 0.4) is 0 Å². The molecule has 140 valence electrons. The summed E-state index contributed by atoms with van der Waals surface area (Å²) in [5.41, 5.74) is 0.665. The zero-order chi connectivity index (χ0) is 19.6. The topological polar surface area (TPSA) is 67.4 Å². The summed E-state index contributed by atoms with van der Waals surface area (Å²) >= 11 is 1.10. The van der Waals surface area contributed by atoms with E-state index in [4.69, 9.17) is 4.74 Å². The molecular weight excluding hydrogens is 374 g/mol. The molecule has 0 spiro atoms. The van der Waals surface area contributed by atoms with Crippen molar-refractivity contribution in [3.8, 4) is 0 Å². The number of thiophene rings is 1. The summed E-state index contributed by atoms with van der Waals surface area (Å²) in [7, 11) is 1.45. The van der Waals surface area contributed by atoms with E-state index in [1.807, 2.05) is 0 Å². The molecule has 0 unspecified atom stereocenters. The number of fused-ring (bicyclic) bond motifs is 1. The molecule has 3 aromatic rings. The second-order valence-electron chi connectivity index (χ2n) is 5.79. The zero-order valence-corrected chi connectivity index (χ0v) is 15.4. The average molecular weight is 390 g/mol. The maximum atomic E-state index is 14.2. The van der Waals surface area contributed by atoms with E-state index in [-0.39, 0.29) is 23.1 Å². The largest absolute Gasteiger partial charge is 0.380 e. The van der Waals surface area contributed by atoms with Crippen molar-refractivity contribution in [1.29, 1.82) is 0 Å². The van der Waals surface area contributed by atoms with Gasteiger partial charge in [0.1, 0.15) is 11.6 Å². The molecule has 0 saturated carbocycles. The first-order valence-corrected chi connectivity index (χ1v) is 8.79. The van der Waals surface area contributed by atoms with Crippen molar-refractivity contribution < 1.29 is 23.1 Å². The Morgan fingerprint density at radius 2 is 1.89 bits per heavy atom. The second kappa shape index (κ2) is 7.81. The fraction of sp³-hybridized carbons (Fsp3) is 0.158. The molecule has 2 aromatic carbocycles. The van der Waals surface area contributed by atoms with Crippen LogP contribution in [0, 0.1) is 11.6 Å². The number of hydrogen-bond acceptors (Lipinski definition) is 4. The van der Waals surface area contributed by atoms with Crippen LogP contribution < -0.4 is 10.6 Å². The number of halogens is 2. The Balaban J connectivity index is 1.98. The van der Waals surface area contributed by atoms with Gasteiger partial charge < -0.3 is 15.4 Å². The highest BCUT2D eigenvalue weighted by atomic mass is 32.1. The monoisotopic (exact) mass is 390 g/mol. The fourth-order valence-electron chi connectivity index (χ4n) is 2.71. The Kier molecular flexibility index (Phi) is 5.48. The molecule has 27 heavy (non-hydrogen) atoms. The molecule has 3 rings (SSSR count). The van der Waals surface area contributed by atoms with E-state index in [1.54, 1.807) is 12.1 Å². The minimum Gasteiger partial charge on any atom is -0.380 e. The van der Waals surface area contributed by atoms with Crippen LogP contribution in [0.25, 0.3) is 10.1 Å². The van der Waals surface area contributed by atoms with Gasteiger partial charge in [-0.1, -0.05) is 6.07 Å². The van der Waals surface area contributed by atoms with Gasteiger partial charge in [0.25, 0.3) is 5.91 Å². The van der Waals surface area contributed by atoms with Crippen molar-refractivity contribution in [2.45, 2.75) is 13.5 Å². The molecule has 0 aliphatic carbocycles. The van der Waals surface area contributed by atoms with Crippen LogP contribution in [0.1, 0.15) is 22.2 Å². The van der Waals surface area contributed by atoms with E-state index in [9.17, 15) is 18.4 Å². The van der Waals surface area contributed by atoms with Crippen LogP contribution in [0.2, 0.25) is 0 Å². The van der Waals surface area contributed by atoms with E-state index < -0.39 is 17.5 Å². The molecule has 2 amide bonds. The maximum Gasteiger partial charge on any atom is 0.266 e. The van der Waals surface area contributed by atoms with Gasteiger partial charge in [0.2, 0.25) is 5.91 Å². The molecule has 8 heteroatoms. The van der Waals surface area contributed by atoms with Crippen LogP contribution in [0.15, 0.2) is 36.4 Å². The number of ether oxygens (including phenoxy) is 1. The third-order valence-corrected chi connectivity index (χ3v) is 4.99. The number of anilines is 2. The van der Waals surface area contributed by atoms with Crippen molar-refractivity contribution in [3.63, 3.8) is 0 Å². The summed E-state index contributed by atoms with van der Waals surface area (Å²) in [5.74, 6) is -2.01. The summed E-state index contributed by atoms with van der Waals surface area (Å²) in [6.07, 6.45) is 0. The molecule has 0 fully saturated rings. The van der Waals surface area contributed by atoms with Crippen LogP contribution in [0.4, 0.5) is 20.2 Å². The first-order valence-electron chi connectivity index (χ1n) is 7.98. The van der Waals surface area contributed by atoms with Gasteiger partial charge in [-0.3, -0.25) is 9.59 Å². The smallest absolute Gasteiger partial charge is 0.266 e. The molecule has 1 heterocycles. The highest BCUT2D eigenvalue weighted by Gasteiger charge is 2.21. The number of rotatable bonds is 5. The number of amides is 2. The SMILES string of the molecule is COCc1c(C(=O)Nc2cc(NC(C)=O)ccc2F)sc2cccc(F)c12. The van der Waals surface area contributed by atoms with E-state index in [0.717, 1.165) is 17.4 Å². The summed E-state index contributed by atoms with van der Waals surface area (Å²) in [6, 6.07) is 8.42. The van der Waals surface area contributed by atoms with E-state index in [0.29, 0.717) is 21.3 Å². The van der Waals surface area contributed by atoms with E-state index in [2.05, 4.69) is 10.6 Å². The van der Waals surface area contributed by atoms with Crippen molar-refractivity contribution in [2.24, 2.45) is 0 Å². The molecule has 0 bridgehead atoms. The van der Waals surface area contributed by atoms with Gasteiger partial charge in [0, 0.05) is 35.4 Å². The molecule has 2 N–H and O–H groups in total. The highest BCUT2D eigenvalue weighted by molar-refractivity contribution is 7.21. The van der Waals surface area contributed by atoms with Gasteiger partial charge in [-0.05, 0) is 30.3 Å². The van der Waals surface area contributed by atoms with E-state index >= 15 is 0 Å². The third-order valence-electron chi connectivity index (χ3n) is 3.79. The van der Waals surface area contributed by atoms with Crippen molar-refractivity contribution >= 4 is 44.6 Å². The van der Waals surface area contributed by atoms with Crippen molar-refractivity contribution in [3.05, 3.63) is 58.5 Å². The van der Waals surface area contributed by atoms with Gasteiger partial charge in [-0.15, -0.1) is 11.3 Å². The first kappa shape index (κ1) is 18.9. The summed E-state index contributed by atoms with van der Waals surface area (Å²) in [4.78, 5) is 24.1. The lowest BCUT2D eigenvalue weighted by atomic mass is 10.1. The summed E-state index contributed by atoms with van der Waals surface area (Å²) < 4.78 is 34.0. The quantitative estimate of drug-likeness (QED) is 0.672. The molecule has 0 aliphatic heterocycles. The number of benzene rings is 2. The third kappa shape index (κ3) is 3.96. The number of methoxy groups -OCH3 is 1. The predicted molar refractivity (Wildman–Crippen MR) is 101 cm³/mol. The van der Waals surface area contributed by atoms with Crippen LogP contribution in [-0.4, -0.2) is 18.9 Å². The Morgan fingerprint density at radius 3 is 2.59 bits per heavy atom. The van der Waals surface area contributed by atoms with Crippen LogP contribution in [0.5, 0.6) is 0 Å². The van der Waals surface area contributed by atoms with Crippen molar-refractivity contribution in [1.82, 2.24) is 0 Å². The Hall–Kier alpha value is -2.84. The number of carbonyl (C=O) groups excluding carboxylic acids is 2. The van der Waals surface area contributed by atoms with Gasteiger partial charge in [-0.25, -0.2) is 8.78 Å². The van der Waals surface area contributed by atoms with Crippen LogP contribution >= 0.6 is 11.3 Å². The molecule has 0 saturated heterocycles. The molecule has 1 aromatic heterocycles. The lowest BCUT2D eigenvalue weighted by Crippen LogP contribution is -2.14. The maximum absolute atomic E-state index is 14.2. The molecule has 0 radical (unpaired) electrons. The first-order chi connectivity index (χ1) is 12.9. The predicted octanol–water partition coefficient (Wildman–Crippen LogP) is 4.54. The van der Waals surface area contributed by atoms with E-state index in [1.165, 1.54) is 32.2 Å². The zero-order valence-electron chi connectivity index (χ0n) is 14.6. The lowest BCUT2D eigenvalue weighted by Gasteiger charge is -2.09. The number of carbonyl (C=O) groups is 2. The van der Waals surface area contributed by atoms with Gasteiger partial charge in [0.05, 0.1) is 17.2 Å². The number of hydrogen-bond donors (Lipinski definition) is 2. The minimum absolute atomic E-state index is 0.0398. The van der Waals surface area contributed by atoms with Crippen molar-refractivity contribution in [2.75, 3.05) is 17.7 Å². The Morgan fingerprint density at radius 1 is 1.11 bits per heavy atom.